The van der Waals surface area contributed by atoms with E-state index in [1.807, 2.05) is 38.1 Å². The van der Waals surface area contributed by atoms with Crippen LogP contribution in [0.4, 0.5) is 5.69 Å². The van der Waals surface area contributed by atoms with E-state index in [4.69, 9.17) is 9.47 Å². The lowest BCUT2D eigenvalue weighted by atomic mass is 10.1. The van der Waals surface area contributed by atoms with Gasteiger partial charge in [-0.3, -0.25) is 4.99 Å². The monoisotopic (exact) mass is 423 g/mol. The topological polar surface area (TPSA) is 47.9 Å². The van der Waals surface area contributed by atoms with E-state index in [1.165, 1.54) is 7.11 Å². The Hall–Kier alpha value is -1.89. The van der Waals surface area contributed by atoms with E-state index in [2.05, 4.69) is 27.6 Å². The molecular weight excluding hydrogens is 405 g/mol. The van der Waals surface area contributed by atoms with Gasteiger partial charge in [0.15, 0.2) is 0 Å². The summed E-state index contributed by atoms with van der Waals surface area (Å²) in [4.78, 5) is 16.0. The number of halogens is 1. The van der Waals surface area contributed by atoms with Crippen LogP contribution in [-0.2, 0) is 4.74 Å². The Bertz CT molecular complexity index is 741. The van der Waals surface area contributed by atoms with Crippen LogP contribution in [0.25, 0.3) is 0 Å². The van der Waals surface area contributed by atoms with Gasteiger partial charge in [0.25, 0.3) is 0 Å². The van der Waals surface area contributed by atoms with Crippen LogP contribution < -0.4 is 4.74 Å². The van der Waals surface area contributed by atoms with E-state index in [0.717, 1.165) is 26.1 Å². The first-order valence-corrected chi connectivity index (χ1v) is 8.28. The molecule has 5 heteroatoms. The largest absolute Gasteiger partial charge is 0.493 e. The summed E-state index contributed by atoms with van der Waals surface area (Å²) < 4.78 is 11.3. The fourth-order valence-electron chi connectivity index (χ4n) is 2.06. The summed E-state index contributed by atoms with van der Waals surface area (Å²) in [5.41, 5.74) is 3.26. The van der Waals surface area contributed by atoms with Crippen LogP contribution in [0.2, 0.25) is 0 Å². The third-order valence-corrected chi connectivity index (χ3v) is 4.07. The van der Waals surface area contributed by atoms with Crippen LogP contribution in [0.3, 0.4) is 0 Å². The van der Waals surface area contributed by atoms with E-state index >= 15 is 0 Å². The lowest BCUT2D eigenvalue weighted by Crippen LogP contribution is -2.00. The second-order valence-electron chi connectivity index (χ2n) is 4.87. The minimum Gasteiger partial charge on any atom is -0.493 e. The van der Waals surface area contributed by atoms with Crippen molar-refractivity contribution in [3.8, 4) is 5.75 Å². The maximum Gasteiger partial charge on any atom is 0.337 e. The normalized spacial score (nSPS) is 10.8. The van der Waals surface area contributed by atoms with E-state index in [9.17, 15) is 4.79 Å². The first kappa shape index (κ1) is 17.5. The molecule has 0 unspecified atom stereocenters. The van der Waals surface area contributed by atoms with Gasteiger partial charge in [0.2, 0.25) is 0 Å². The molecule has 0 saturated carbocycles. The Morgan fingerprint density at radius 3 is 2.65 bits per heavy atom. The molecule has 0 saturated heterocycles. The number of carbonyl (C=O) groups excluding carboxylic acids is 1. The minimum absolute atomic E-state index is 0.343. The summed E-state index contributed by atoms with van der Waals surface area (Å²) in [5, 5.41) is 0. The zero-order valence-electron chi connectivity index (χ0n) is 13.3. The van der Waals surface area contributed by atoms with Gasteiger partial charge < -0.3 is 9.47 Å². The highest BCUT2D eigenvalue weighted by Gasteiger charge is 2.07. The second-order valence-corrected chi connectivity index (χ2v) is 6.04. The molecular formula is C18H18INO3. The lowest BCUT2D eigenvalue weighted by Gasteiger charge is -2.06. The van der Waals surface area contributed by atoms with Gasteiger partial charge in [-0.05, 0) is 84.0 Å². The highest BCUT2D eigenvalue weighted by Crippen LogP contribution is 2.23. The fraction of sp³-hybridized carbons (Fsp3) is 0.222. The summed E-state index contributed by atoms with van der Waals surface area (Å²) in [7, 11) is 1.37. The maximum atomic E-state index is 11.5. The number of rotatable bonds is 5. The van der Waals surface area contributed by atoms with Crippen molar-refractivity contribution in [3.05, 3.63) is 56.7 Å². The van der Waals surface area contributed by atoms with Crippen molar-refractivity contribution >= 4 is 40.5 Å². The van der Waals surface area contributed by atoms with Crippen molar-refractivity contribution in [1.82, 2.24) is 0 Å². The van der Waals surface area contributed by atoms with Crippen molar-refractivity contribution in [2.45, 2.75) is 13.8 Å². The molecule has 0 heterocycles. The van der Waals surface area contributed by atoms with Gasteiger partial charge in [0.05, 0.1) is 28.5 Å². The molecule has 0 atom stereocenters. The lowest BCUT2D eigenvalue weighted by molar-refractivity contribution is 0.0600. The smallest absolute Gasteiger partial charge is 0.337 e. The molecule has 0 bridgehead atoms. The molecule has 0 aliphatic heterocycles. The molecule has 0 fully saturated rings. The van der Waals surface area contributed by atoms with Crippen LogP contribution in [-0.4, -0.2) is 25.9 Å². The fourth-order valence-corrected chi connectivity index (χ4v) is 2.75. The molecule has 23 heavy (non-hydrogen) atoms. The van der Waals surface area contributed by atoms with Crippen LogP contribution >= 0.6 is 22.6 Å². The average Bonchev–Trinajstić information content (AvgIpc) is 2.55. The predicted molar refractivity (Wildman–Crippen MR) is 100 cm³/mol. The number of hydrogen-bond donors (Lipinski definition) is 0. The molecule has 2 aromatic rings. The van der Waals surface area contributed by atoms with Crippen molar-refractivity contribution in [3.63, 3.8) is 0 Å². The molecule has 2 rings (SSSR count). The summed E-state index contributed by atoms with van der Waals surface area (Å²) >= 11 is 2.25. The summed E-state index contributed by atoms with van der Waals surface area (Å²) in [6, 6.07) is 11.2. The summed E-state index contributed by atoms with van der Waals surface area (Å²) in [5.74, 6) is 0.536. The summed E-state index contributed by atoms with van der Waals surface area (Å²) in [6.45, 7) is 4.53. The predicted octanol–water partition coefficient (Wildman–Crippen LogP) is 4.54. The Morgan fingerprint density at radius 1 is 1.26 bits per heavy atom. The minimum atomic E-state index is -0.343. The molecule has 4 nitrogen and oxygen atoms in total. The van der Waals surface area contributed by atoms with Gasteiger partial charge in [-0.1, -0.05) is 0 Å². The number of methoxy groups -OCH3 is 1. The maximum absolute atomic E-state index is 11.5. The van der Waals surface area contributed by atoms with Crippen molar-refractivity contribution in [1.29, 1.82) is 0 Å². The third kappa shape index (κ3) is 4.54. The SMILES string of the molecule is CCOc1ccc(C=Nc2ccc(C(=O)OC)cc2C)cc1I. The van der Waals surface area contributed by atoms with Crippen molar-refractivity contribution < 1.29 is 14.3 Å². The number of ether oxygens (including phenoxy) is 2. The Kier molecular flexibility index (Phi) is 6.15. The Morgan fingerprint density at radius 2 is 2.04 bits per heavy atom. The van der Waals surface area contributed by atoms with E-state index in [1.54, 1.807) is 18.3 Å². The Balaban J connectivity index is 2.20. The number of aryl methyl sites for hydroxylation is 1. The van der Waals surface area contributed by atoms with Gasteiger partial charge >= 0.3 is 5.97 Å². The zero-order chi connectivity index (χ0) is 16.8. The number of nitrogens with zero attached hydrogens (tertiary/aromatic N) is 1. The quantitative estimate of drug-likeness (QED) is 0.403. The van der Waals surface area contributed by atoms with E-state index in [0.29, 0.717) is 12.2 Å². The van der Waals surface area contributed by atoms with Gasteiger partial charge in [0, 0.05) is 6.21 Å². The van der Waals surface area contributed by atoms with Gasteiger partial charge in [0.1, 0.15) is 5.75 Å². The van der Waals surface area contributed by atoms with Crippen LogP contribution in [0.15, 0.2) is 41.4 Å². The van der Waals surface area contributed by atoms with Crippen molar-refractivity contribution in [2.75, 3.05) is 13.7 Å². The van der Waals surface area contributed by atoms with Gasteiger partial charge in [-0.15, -0.1) is 0 Å². The third-order valence-electron chi connectivity index (χ3n) is 3.23. The average molecular weight is 423 g/mol. The van der Waals surface area contributed by atoms with Crippen molar-refractivity contribution in [2.24, 2.45) is 4.99 Å². The molecule has 0 aliphatic rings. The first-order valence-electron chi connectivity index (χ1n) is 7.20. The van der Waals surface area contributed by atoms with Gasteiger partial charge in [-0.25, -0.2) is 4.79 Å². The van der Waals surface area contributed by atoms with E-state index in [-0.39, 0.29) is 5.97 Å². The molecule has 0 N–H and O–H groups in total. The standard InChI is InChI=1S/C18H18INO3/c1-4-23-17-8-5-13(10-15(17)19)11-20-16-7-6-14(9-12(16)2)18(21)22-3/h5-11H,4H2,1-3H3. The molecule has 120 valence electrons. The Labute approximate surface area is 149 Å². The molecule has 0 spiro atoms. The van der Waals surface area contributed by atoms with E-state index < -0.39 is 0 Å². The molecule has 0 amide bonds. The number of hydrogen-bond acceptors (Lipinski definition) is 4. The van der Waals surface area contributed by atoms with Gasteiger partial charge in [-0.2, -0.15) is 0 Å². The second kappa shape index (κ2) is 8.10. The zero-order valence-corrected chi connectivity index (χ0v) is 15.5. The molecule has 2 aromatic carbocycles. The van der Waals surface area contributed by atoms with Crippen LogP contribution in [0.5, 0.6) is 5.75 Å². The highest BCUT2D eigenvalue weighted by atomic mass is 127. The number of aliphatic imine (C=N–C) groups is 1. The number of esters is 1. The molecule has 0 aliphatic carbocycles. The number of carbonyl (C=O) groups is 1. The first-order chi connectivity index (χ1) is 11.0. The summed E-state index contributed by atoms with van der Waals surface area (Å²) in [6.07, 6.45) is 1.80. The number of benzene rings is 2. The highest BCUT2D eigenvalue weighted by molar-refractivity contribution is 14.1. The van der Waals surface area contributed by atoms with Crippen LogP contribution in [0.1, 0.15) is 28.4 Å². The van der Waals surface area contributed by atoms with Crippen LogP contribution in [0, 0.1) is 10.5 Å². The molecule has 0 radical (unpaired) electrons. The molecule has 0 aromatic heterocycles.